The molecule has 3 N–H and O–H groups in total. The number of rotatable bonds is 11. The highest BCUT2D eigenvalue weighted by molar-refractivity contribution is 5.79. The zero-order chi connectivity index (χ0) is 23.0. The number of carbonyl (C=O) groups excluding carboxylic acids is 1. The van der Waals surface area contributed by atoms with Crippen molar-refractivity contribution < 1.29 is 19.4 Å². The number of nitrogens with one attached hydrogen (secondary N) is 2. The quantitative estimate of drug-likeness (QED) is 0.450. The van der Waals surface area contributed by atoms with Crippen LogP contribution in [0.2, 0.25) is 0 Å². The summed E-state index contributed by atoms with van der Waals surface area (Å²) in [4.78, 5) is 29.3. The van der Waals surface area contributed by atoms with Gasteiger partial charge in [0.15, 0.2) is 0 Å². The van der Waals surface area contributed by atoms with Gasteiger partial charge >= 0.3 is 6.03 Å². The minimum atomic E-state index is -0.122. The maximum atomic E-state index is 13.1. The van der Waals surface area contributed by atoms with Crippen LogP contribution in [0.3, 0.4) is 0 Å². The molecule has 8 heteroatoms. The lowest BCUT2D eigenvalue weighted by atomic mass is 9.91. The number of hydrogen-bond donors (Lipinski definition) is 3. The second-order valence-corrected chi connectivity index (χ2v) is 8.98. The molecule has 1 heterocycles. The lowest BCUT2D eigenvalue weighted by Crippen LogP contribution is -2.54. The molecule has 2 atom stereocenters. The van der Waals surface area contributed by atoms with E-state index >= 15 is 0 Å². The van der Waals surface area contributed by atoms with Crippen LogP contribution in [0.25, 0.3) is 10.9 Å². The van der Waals surface area contributed by atoms with Crippen molar-refractivity contribution in [1.29, 1.82) is 0 Å². The summed E-state index contributed by atoms with van der Waals surface area (Å²) in [6, 6.07) is 9.29. The molecule has 180 valence electrons. The van der Waals surface area contributed by atoms with Gasteiger partial charge in [0.05, 0.1) is 18.8 Å². The van der Waals surface area contributed by atoms with E-state index in [9.17, 15) is 9.59 Å². The van der Waals surface area contributed by atoms with Gasteiger partial charge in [0.1, 0.15) is 5.75 Å². The maximum absolute atomic E-state index is 13.1. The predicted octanol–water partition coefficient (Wildman–Crippen LogP) is 3.18. The fourth-order valence-electron chi connectivity index (χ4n) is 4.60. The number of ether oxygens (including phenoxy) is 2. The predicted molar refractivity (Wildman–Crippen MR) is 127 cm³/mol. The van der Waals surface area contributed by atoms with Crippen molar-refractivity contribution in [1.82, 2.24) is 15.2 Å². The van der Waals surface area contributed by atoms with Crippen molar-refractivity contribution in [3.63, 3.8) is 0 Å². The minimum absolute atomic E-state index is 0.00480. The summed E-state index contributed by atoms with van der Waals surface area (Å²) in [5, 5.41) is 13.1. The van der Waals surface area contributed by atoms with Crippen LogP contribution in [0.5, 0.6) is 5.75 Å². The van der Waals surface area contributed by atoms with Crippen molar-refractivity contribution >= 4 is 16.9 Å². The first-order valence-corrected chi connectivity index (χ1v) is 12.2. The molecule has 0 spiro atoms. The monoisotopic (exact) mass is 457 g/mol. The largest absolute Gasteiger partial charge is 0.494 e. The Hall–Kier alpha value is -2.58. The molecule has 2 aromatic rings. The molecule has 0 saturated heterocycles. The Labute approximate surface area is 194 Å². The third kappa shape index (κ3) is 6.48. The summed E-state index contributed by atoms with van der Waals surface area (Å²) < 4.78 is 11.9. The number of urea groups is 1. The number of H-pyrrole nitrogens is 1. The maximum Gasteiger partial charge on any atom is 0.317 e. The Balaban J connectivity index is 1.24. The van der Waals surface area contributed by atoms with Gasteiger partial charge < -0.3 is 29.8 Å². The normalized spacial score (nSPS) is 20.5. The van der Waals surface area contributed by atoms with Crippen LogP contribution in [0.1, 0.15) is 51.4 Å². The van der Waals surface area contributed by atoms with Gasteiger partial charge in [-0.15, -0.1) is 0 Å². The molecule has 1 aromatic heterocycles. The van der Waals surface area contributed by atoms with Crippen molar-refractivity contribution in [2.75, 3.05) is 26.4 Å². The first-order chi connectivity index (χ1) is 16.2. The molecule has 2 aliphatic carbocycles. The number of nitrogens with zero attached hydrogens (tertiary/aromatic N) is 1. The van der Waals surface area contributed by atoms with Gasteiger partial charge in [0.2, 0.25) is 5.56 Å². The summed E-state index contributed by atoms with van der Waals surface area (Å²) in [6.45, 7) is 1.71. The Morgan fingerprint density at radius 3 is 2.76 bits per heavy atom. The van der Waals surface area contributed by atoms with Gasteiger partial charge in [-0.05, 0) is 62.8 Å². The number of fused-ring (bicyclic) bond motifs is 1. The van der Waals surface area contributed by atoms with Crippen LogP contribution >= 0.6 is 0 Å². The van der Waals surface area contributed by atoms with Gasteiger partial charge in [-0.3, -0.25) is 4.79 Å². The summed E-state index contributed by atoms with van der Waals surface area (Å²) in [7, 11) is 0. The molecular weight excluding hydrogens is 422 g/mol. The highest BCUT2D eigenvalue weighted by Gasteiger charge is 2.41. The summed E-state index contributed by atoms with van der Waals surface area (Å²) in [5.41, 5.74) is 0.659. The van der Waals surface area contributed by atoms with Crippen LogP contribution in [-0.2, 0) is 4.74 Å². The van der Waals surface area contributed by atoms with E-state index in [1.54, 1.807) is 6.07 Å². The van der Waals surface area contributed by atoms with Crippen LogP contribution in [0.4, 0.5) is 4.79 Å². The first-order valence-electron chi connectivity index (χ1n) is 12.2. The zero-order valence-corrected chi connectivity index (χ0v) is 19.1. The number of benzene rings is 1. The third-order valence-electron chi connectivity index (χ3n) is 6.40. The summed E-state index contributed by atoms with van der Waals surface area (Å²) in [5.74, 6) is 0.741. The van der Waals surface area contributed by atoms with E-state index < -0.39 is 0 Å². The van der Waals surface area contributed by atoms with Crippen LogP contribution in [0, 0.1) is 0 Å². The van der Waals surface area contributed by atoms with E-state index in [2.05, 4.69) is 10.3 Å². The van der Waals surface area contributed by atoms with Crippen LogP contribution in [0.15, 0.2) is 35.1 Å². The molecule has 1 aromatic carbocycles. The second kappa shape index (κ2) is 11.5. The van der Waals surface area contributed by atoms with E-state index in [0.29, 0.717) is 38.6 Å². The number of aromatic amines is 1. The standard InChI is InChI=1S/C25H35N3O5/c29-14-4-16-33-23-6-2-1-5-22(23)28(19-8-9-19)25(31)26-13-3-15-32-20-10-11-21-18(17-20)7-12-24(30)27-21/h7,10-12,17,19,22-23,29H,1-6,8-9,13-16H2,(H,26,31)(H,27,30)/t22-,23-/m0/s1. The molecule has 2 amide bonds. The molecule has 0 bridgehead atoms. The zero-order valence-electron chi connectivity index (χ0n) is 19.1. The Bertz CT molecular complexity index is 974. The van der Waals surface area contributed by atoms with Crippen molar-refractivity contribution in [3.8, 4) is 5.75 Å². The fraction of sp³-hybridized carbons (Fsp3) is 0.600. The summed E-state index contributed by atoms with van der Waals surface area (Å²) in [6.07, 6.45) is 7.71. The molecule has 2 saturated carbocycles. The van der Waals surface area contributed by atoms with Crippen molar-refractivity contribution in [2.45, 2.75) is 69.6 Å². The van der Waals surface area contributed by atoms with Crippen molar-refractivity contribution in [3.05, 3.63) is 40.7 Å². The van der Waals surface area contributed by atoms with Gasteiger partial charge in [0, 0.05) is 42.8 Å². The smallest absolute Gasteiger partial charge is 0.317 e. The molecule has 0 radical (unpaired) electrons. The Kier molecular flexibility index (Phi) is 8.23. The average molecular weight is 458 g/mol. The molecule has 0 unspecified atom stereocenters. The third-order valence-corrected chi connectivity index (χ3v) is 6.40. The minimum Gasteiger partial charge on any atom is -0.494 e. The van der Waals surface area contributed by atoms with Crippen LogP contribution < -0.4 is 15.6 Å². The van der Waals surface area contributed by atoms with Crippen molar-refractivity contribution in [2.24, 2.45) is 0 Å². The van der Waals surface area contributed by atoms with Gasteiger partial charge in [-0.25, -0.2) is 4.79 Å². The van der Waals surface area contributed by atoms with E-state index in [-0.39, 0.29) is 30.3 Å². The molecular formula is C25H35N3O5. The summed E-state index contributed by atoms with van der Waals surface area (Å²) >= 11 is 0. The SMILES string of the molecule is O=C(NCCCOc1ccc2[nH]c(=O)ccc2c1)N(C1CC1)[C@H]1CCCC[C@@H]1OCCCO. The van der Waals surface area contributed by atoms with Gasteiger partial charge in [-0.1, -0.05) is 12.8 Å². The van der Waals surface area contributed by atoms with E-state index in [1.165, 1.54) is 6.07 Å². The number of aliphatic hydroxyl groups is 1. The van der Waals surface area contributed by atoms with E-state index in [1.807, 2.05) is 23.1 Å². The highest BCUT2D eigenvalue weighted by Crippen LogP contribution is 2.35. The molecule has 0 aliphatic heterocycles. The van der Waals surface area contributed by atoms with Gasteiger partial charge in [0.25, 0.3) is 0 Å². The second-order valence-electron chi connectivity index (χ2n) is 8.98. The average Bonchev–Trinajstić information content (AvgIpc) is 3.65. The topological polar surface area (TPSA) is 104 Å². The van der Waals surface area contributed by atoms with E-state index in [0.717, 1.165) is 55.2 Å². The Morgan fingerprint density at radius 1 is 1.09 bits per heavy atom. The molecule has 2 fully saturated rings. The number of aliphatic hydroxyl groups excluding tert-OH is 1. The highest BCUT2D eigenvalue weighted by atomic mass is 16.5. The first kappa shape index (κ1) is 23.6. The van der Waals surface area contributed by atoms with Gasteiger partial charge in [-0.2, -0.15) is 0 Å². The fourth-order valence-corrected chi connectivity index (χ4v) is 4.60. The lowest BCUT2D eigenvalue weighted by Gasteiger charge is -2.40. The molecule has 33 heavy (non-hydrogen) atoms. The number of aromatic nitrogens is 1. The number of hydrogen-bond acceptors (Lipinski definition) is 5. The number of carbonyl (C=O) groups is 1. The van der Waals surface area contributed by atoms with Crippen LogP contribution in [-0.4, -0.2) is 65.6 Å². The lowest BCUT2D eigenvalue weighted by molar-refractivity contribution is -0.0305. The molecule has 4 rings (SSSR count). The molecule has 8 nitrogen and oxygen atoms in total. The molecule has 2 aliphatic rings. The number of pyridine rings is 1. The van der Waals surface area contributed by atoms with E-state index in [4.69, 9.17) is 14.6 Å². The number of amides is 2. The Morgan fingerprint density at radius 2 is 1.94 bits per heavy atom.